The molecule has 3 rings (SSSR count). The molecule has 0 spiro atoms. The summed E-state index contributed by atoms with van der Waals surface area (Å²) in [6.45, 7) is 3.70. The molecule has 1 aromatic carbocycles. The van der Waals surface area contributed by atoms with Gasteiger partial charge in [0, 0.05) is 18.2 Å². The number of nitrogens with zero attached hydrogens (tertiary/aromatic N) is 1. The number of aromatic nitrogens is 1. The molecule has 1 fully saturated rings. The molecule has 6 heteroatoms. The second kappa shape index (κ2) is 8.87. The summed E-state index contributed by atoms with van der Waals surface area (Å²) in [5.74, 6) is -0.0340. The molecule has 0 bridgehead atoms. The quantitative estimate of drug-likeness (QED) is 0.891. The van der Waals surface area contributed by atoms with E-state index < -0.39 is 0 Å². The molecule has 0 radical (unpaired) electrons. The Bertz CT molecular complexity index is 644. The molecule has 1 atom stereocenters. The maximum Gasteiger partial charge on any atom is 0.253 e. The Kier molecular flexibility index (Phi) is 7.49. The third-order valence-electron chi connectivity index (χ3n) is 3.80. The monoisotopic (exact) mass is 353 g/mol. The SMILES string of the molecule is Cc1nc(-c2ccccc2)ccc1C(=O)NC1CCNC1.Cl.Cl. The van der Waals surface area contributed by atoms with Gasteiger partial charge in [0.2, 0.25) is 0 Å². The van der Waals surface area contributed by atoms with Gasteiger partial charge in [0.15, 0.2) is 0 Å². The lowest BCUT2D eigenvalue weighted by Crippen LogP contribution is -2.36. The van der Waals surface area contributed by atoms with Crippen molar-refractivity contribution in [2.45, 2.75) is 19.4 Å². The largest absolute Gasteiger partial charge is 0.348 e. The average molecular weight is 354 g/mol. The van der Waals surface area contributed by atoms with E-state index in [0.29, 0.717) is 5.56 Å². The first-order valence-corrected chi connectivity index (χ1v) is 7.28. The topological polar surface area (TPSA) is 54.0 Å². The van der Waals surface area contributed by atoms with Crippen LogP contribution in [0.15, 0.2) is 42.5 Å². The predicted molar refractivity (Wildman–Crippen MR) is 97.6 cm³/mol. The van der Waals surface area contributed by atoms with E-state index in [1.54, 1.807) is 0 Å². The fraction of sp³-hybridized carbons (Fsp3) is 0.294. The number of rotatable bonds is 3. The molecular formula is C17H21Cl2N3O. The second-order valence-corrected chi connectivity index (χ2v) is 5.36. The highest BCUT2D eigenvalue weighted by molar-refractivity contribution is 5.95. The molecule has 1 amide bonds. The van der Waals surface area contributed by atoms with Crippen molar-refractivity contribution >= 4 is 30.7 Å². The van der Waals surface area contributed by atoms with Gasteiger partial charge >= 0.3 is 0 Å². The van der Waals surface area contributed by atoms with Crippen LogP contribution in [0.5, 0.6) is 0 Å². The van der Waals surface area contributed by atoms with Crippen molar-refractivity contribution in [2.24, 2.45) is 0 Å². The van der Waals surface area contributed by atoms with E-state index in [0.717, 1.165) is 36.5 Å². The number of carbonyl (C=O) groups is 1. The molecule has 23 heavy (non-hydrogen) atoms. The number of aryl methyl sites for hydroxylation is 1. The Hall–Kier alpha value is -1.62. The van der Waals surface area contributed by atoms with Crippen molar-refractivity contribution in [3.63, 3.8) is 0 Å². The smallest absolute Gasteiger partial charge is 0.253 e. The zero-order chi connectivity index (χ0) is 14.7. The number of pyridine rings is 1. The molecule has 0 saturated carbocycles. The Morgan fingerprint density at radius 2 is 1.91 bits per heavy atom. The highest BCUT2D eigenvalue weighted by atomic mass is 35.5. The van der Waals surface area contributed by atoms with Crippen LogP contribution in [-0.2, 0) is 0 Å². The molecule has 1 saturated heterocycles. The number of amides is 1. The van der Waals surface area contributed by atoms with Gasteiger partial charge in [-0.3, -0.25) is 9.78 Å². The number of halogens is 2. The summed E-state index contributed by atoms with van der Waals surface area (Å²) in [5.41, 5.74) is 3.38. The van der Waals surface area contributed by atoms with E-state index in [1.807, 2.05) is 49.4 Å². The van der Waals surface area contributed by atoms with Crippen molar-refractivity contribution in [2.75, 3.05) is 13.1 Å². The number of benzene rings is 1. The van der Waals surface area contributed by atoms with E-state index in [9.17, 15) is 4.79 Å². The maximum atomic E-state index is 12.3. The summed E-state index contributed by atoms with van der Waals surface area (Å²) in [5, 5.41) is 6.30. The van der Waals surface area contributed by atoms with Crippen LogP contribution in [-0.4, -0.2) is 30.0 Å². The normalized spacial score (nSPS) is 16.1. The Balaban J connectivity index is 0.00000132. The van der Waals surface area contributed by atoms with E-state index >= 15 is 0 Å². The lowest BCUT2D eigenvalue weighted by atomic mass is 10.1. The van der Waals surface area contributed by atoms with Crippen LogP contribution < -0.4 is 10.6 Å². The lowest BCUT2D eigenvalue weighted by molar-refractivity contribution is 0.0939. The Labute approximate surface area is 148 Å². The van der Waals surface area contributed by atoms with Crippen molar-refractivity contribution < 1.29 is 4.79 Å². The highest BCUT2D eigenvalue weighted by Crippen LogP contribution is 2.18. The number of nitrogens with one attached hydrogen (secondary N) is 2. The van der Waals surface area contributed by atoms with Gasteiger partial charge < -0.3 is 10.6 Å². The van der Waals surface area contributed by atoms with Gasteiger partial charge in [-0.1, -0.05) is 30.3 Å². The predicted octanol–water partition coefficient (Wildman–Crippen LogP) is 2.99. The molecule has 1 aliphatic heterocycles. The van der Waals surface area contributed by atoms with E-state index in [2.05, 4.69) is 15.6 Å². The summed E-state index contributed by atoms with van der Waals surface area (Å²) in [6, 6.07) is 14.0. The first kappa shape index (κ1) is 19.4. The molecule has 2 aromatic rings. The molecular weight excluding hydrogens is 333 g/mol. The standard InChI is InChI=1S/C17H19N3O.2ClH/c1-12-15(17(21)20-14-9-10-18-11-14)7-8-16(19-12)13-5-3-2-4-6-13;;/h2-8,14,18H,9-11H2,1H3,(H,20,21);2*1H. The van der Waals surface area contributed by atoms with Gasteiger partial charge in [-0.05, 0) is 32.0 Å². The summed E-state index contributed by atoms with van der Waals surface area (Å²) in [4.78, 5) is 16.9. The molecule has 124 valence electrons. The van der Waals surface area contributed by atoms with Crippen LogP contribution in [0.4, 0.5) is 0 Å². The number of hydrogen-bond acceptors (Lipinski definition) is 3. The van der Waals surface area contributed by atoms with Crippen LogP contribution >= 0.6 is 24.8 Å². The van der Waals surface area contributed by atoms with E-state index in [1.165, 1.54) is 0 Å². The van der Waals surface area contributed by atoms with Gasteiger partial charge in [-0.15, -0.1) is 24.8 Å². The number of carbonyl (C=O) groups excluding carboxylic acids is 1. The van der Waals surface area contributed by atoms with Gasteiger partial charge in [-0.2, -0.15) is 0 Å². The third-order valence-corrected chi connectivity index (χ3v) is 3.80. The average Bonchev–Trinajstić information content (AvgIpc) is 3.01. The van der Waals surface area contributed by atoms with E-state index in [4.69, 9.17) is 0 Å². The van der Waals surface area contributed by atoms with Gasteiger partial charge in [-0.25, -0.2) is 0 Å². The molecule has 0 aliphatic carbocycles. The minimum absolute atomic E-state index is 0. The summed E-state index contributed by atoms with van der Waals surface area (Å²) in [6.07, 6.45) is 0.986. The molecule has 2 N–H and O–H groups in total. The lowest BCUT2D eigenvalue weighted by Gasteiger charge is -2.13. The molecule has 1 aromatic heterocycles. The first-order chi connectivity index (χ1) is 10.2. The third kappa shape index (κ3) is 4.67. The fourth-order valence-electron chi connectivity index (χ4n) is 2.61. The molecule has 1 unspecified atom stereocenters. The van der Waals surface area contributed by atoms with Crippen molar-refractivity contribution in [3.8, 4) is 11.3 Å². The maximum absolute atomic E-state index is 12.3. The van der Waals surface area contributed by atoms with Gasteiger partial charge in [0.25, 0.3) is 5.91 Å². The van der Waals surface area contributed by atoms with Crippen molar-refractivity contribution in [3.05, 3.63) is 53.7 Å². The number of hydrogen-bond donors (Lipinski definition) is 2. The second-order valence-electron chi connectivity index (χ2n) is 5.36. The zero-order valence-corrected chi connectivity index (χ0v) is 14.5. The van der Waals surface area contributed by atoms with Crippen LogP contribution in [0.2, 0.25) is 0 Å². The fourth-order valence-corrected chi connectivity index (χ4v) is 2.61. The highest BCUT2D eigenvalue weighted by Gasteiger charge is 2.19. The van der Waals surface area contributed by atoms with Crippen LogP contribution in [0.25, 0.3) is 11.3 Å². The van der Waals surface area contributed by atoms with Gasteiger partial charge in [0.05, 0.1) is 17.0 Å². The minimum atomic E-state index is -0.0340. The summed E-state index contributed by atoms with van der Waals surface area (Å²) >= 11 is 0. The molecule has 1 aliphatic rings. The van der Waals surface area contributed by atoms with E-state index in [-0.39, 0.29) is 36.8 Å². The van der Waals surface area contributed by atoms with Crippen LogP contribution in [0, 0.1) is 6.92 Å². The summed E-state index contributed by atoms with van der Waals surface area (Å²) in [7, 11) is 0. The molecule has 2 heterocycles. The Morgan fingerprint density at radius 3 is 2.52 bits per heavy atom. The van der Waals surface area contributed by atoms with Crippen molar-refractivity contribution in [1.29, 1.82) is 0 Å². The molecule has 4 nitrogen and oxygen atoms in total. The first-order valence-electron chi connectivity index (χ1n) is 7.28. The van der Waals surface area contributed by atoms with Crippen molar-refractivity contribution in [1.82, 2.24) is 15.6 Å². The van der Waals surface area contributed by atoms with Crippen LogP contribution in [0.3, 0.4) is 0 Å². The van der Waals surface area contributed by atoms with Gasteiger partial charge in [0.1, 0.15) is 0 Å². The van der Waals surface area contributed by atoms with Crippen LogP contribution in [0.1, 0.15) is 22.5 Å². The summed E-state index contributed by atoms with van der Waals surface area (Å²) < 4.78 is 0. The Morgan fingerprint density at radius 1 is 1.17 bits per heavy atom. The minimum Gasteiger partial charge on any atom is -0.348 e. The zero-order valence-electron chi connectivity index (χ0n) is 12.9.